The molecule has 0 bridgehead atoms. The molecule has 0 spiro atoms. The lowest BCUT2D eigenvalue weighted by molar-refractivity contribution is -0.192. The van der Waals surface area contributed by atoms with Crippen molar-refractivity contribution in [3.8, 4) is 0 Å². The summed E-state index contributed by atoms with van der Waals surface area (Å²) in [7, 11) is -7.29. The molecule has 0 aromatic heterocycles. The van der Waals surface area contributed by atoms with Gasteiger partial charge in [-0.1, -0.05) is 11.6 Å². The van der Waals surface area contributed by atoms with Gasteiger partial charge in [0, 0.05) is 43.8 Å². The standard InChI is InChI=1S/C15H24ClN3O4S2.C2HF3O2/c1-13(2)19(25(22,23)15-5-3-14(16)4-6-15)11-12-24(20,21)18-9-7-17-8-10-18;3-2(4,5)1(6)7/h3-6,13,17H,7-12H2,1-2H3;(H,6,7). The van der Waals surface area contributed by atoms with Crippen LogP contribution in [0.15, 0.2) is 29.2 Å². The molecular formula is C17H25ClF3N3O6S2. The van der Waals surface area contributed by atoms with Gasteiger partial charge in [0.1, 0.15) is 0 Å². The molecule has 15 heteroatoms. The number of carbonyl (C=O) groups is 1. The molecule has 1 saturated heterocycles. The molecule has 1 aromatic rings. The molecule has 9 nitrogen and oxygen atoms in total. The molecule has 0 aliphatic carbocycles. The van der Waals surface area contributed by atoms with Crippen molar-refractivity contribution in [1.29, 1.82) is 0 Å². The Labute approximate surface area is 190 Å². The van der Waals surface area contributed by atoms with E-state index in [2.05, 4.69) is 5.32 Å². The number of hydrogen-bond donors (Lipinski definition) is 2. The minimum atomic E-state index is -5.08. The van der Waals surface area contributed by atoms with Gasteiger partial charge in [0.2, 0.25) is 20.0 Å². The Bertz CT molecular complexity index is 964. The Morgan fingerprint density at radius 3 is 2.03 bits per heavy atom. The second-order valence-electron chi connectivity index (χ2n) is 6.93. The smallest absolute Gasteiger partial charge is 0.475 e. The minimum Gasteiger partial charge on any atom is -0.475 e. The van der Waals surface area contributed by atoms with Crippen LogP contribution in [0.5, 0.6) is 0 Å². The first-order valence-corrected chi connectivity index (χ1v) is 12.8. The summed E-state index contributed by atoms with van der Waals surface area (Å²) in [6.45, 7) is 5.40. The lowest BCUT2D eigenvalue weighted by Gasteiger charge is -2.29. The molecule has 1 aliphatic rings. The molecule has 0 atom stereocenters. The van der Waals surface area contributed by atoms with E-state index in [4.69, 9.17) is 21.5 Å². The largest absolute Gasteiger partial charge is 0.490 e. The molecule has 1 heterocycles. The zero-order chi connectivity index (χ0) is 24.7. The van der Waals surface area contributed by atoms with Crippen LogP contribution in [-0.4, -0.2) is 87.2 Å². The van der Waals surface area contributed by atoms with E-state index in [1.807, 2.05) is 0 Å². The van der Waals surface area contributed by atoms with Gasteiger partial charge in [0.25, 0.3) is 0 Å². The molecule has 0 radical (unpaired) electrons. The number of nitrogens with zero attached hydrogens (tertiary/aromatic N) is 2. The van der Waals surface area contributed by atoms with E-state index in [9.17, 15) is 30.0 Å². The molecular weight excluding hydrogens is 499 g/mol. The highest BCUT2D eigenvalue weighted by Crippen LogP contribution is 2.21. The van der Waals surface area contributed by atoms with E-state index in [0.717, 1.165) is 0 Å². The van der Waals surface area contributed by atoms with Crippen LogP contribution < -0.4 is 5.32 Å². The van der Waals surface area contributed by atoms with Gasteiger partial charge in [-0.3, -0.25) is 0 Å². The fourth-order valence-corrected chi connectivity index (χ4v) is 5.96. The first-order valence-electron chi connectivity index (χ1n) is 9.35. The van der Waals surface area contributed by atoms with Crippen LogP contribution in [0.25, 0.3) is 0 Å². The van der Waals surface area contributed by atoms with Gasteiger partial charge in [-0.25, -0.2) is 21.6 Å². The number of alkyl halides is 3. The Balaban J connectivity index is 0.000000633. The maximum Gasteiger partial charge on any atom is 0.490 e. The average molecular weight is 524 g/mol. The van der Waals surface area contributed by atoms with Gasteiger partial charge in [-0.15, -0.1) is 0 Å². The normalized spacial score (nSPS) is 16.0. The second-order valence-corrected chi connectivity index (χ2v) is 11.3. The first-order chi connectivity index (χ1) is 14.6. The lowest BCUT2D eigenvalue weighted by Crippen LogP contribution is -2.49. The summed E-state index contributed by atoms with van der Waals surface area (Å²) in [6, 6.07) is 5.50. The fraction of sp³-hybridized carbons (Fsp3) is 0.588. The van der Waals surface area contributed by atoms with Gasteiger partial charge < -0.3 is 10.4 Å². The van der Waals surface area contributed by atoms with Crippen molar-refractivity contribution >= 4 is 37.6 Å². The number of piperazine rings is 1. The molecule has 0 amide bonds. The van der Waals surface area contributed by atoms with Crippen molar-refractivity contribution in [2.45, 2.75) is 31.0 Å². The zero-order valence-corrected chi connectivity index (χ0v) is 19.7. The molecule has 1 aromatic carbocycles. The number of carboxylic acids is 1. The Morgan fingerprint density at radius 2 is 1.62 bits per heavy atom. The van der Waals surface area contributed by atoms with Gasteiger partial charge >= 0.3 is 12.1 Å². The molecule has 2 N–H and O–H groups in total. The van der Waals surface area contributed by atoms with E-state index in [0.29, 0.717) is 31.2 Å². The SMILES string of the molecule is CC(C)N(CCS(=O)(=O)N1CCNCC1)S(=O)(=O)c1ccc(Cl)cc1.O=C(O)C(F)(F)F. The minimum absolute atomic E-state index is 0.0884. The van der Waals surface area contributed by atoms with Gasteiger partial charge in [-0.2, -0.15) is 21.8 Å². The van der Waals surface area contributed by atoms with Crippen LogP contribution in [0.1, 0.15) is 13.8 Å². The number of carboxylic acid groups (broad SMARTS) is 1. The van der Waals surface area contributed by atoms with E-state index >= 15 is 0 Å². The highest BCUT2D eigenvalue weighted by Gasteiger charge is 2.38. The van der Waals surface area contributed by atoms with Crippen LogP contribution in [0.3, 0.4) is 0 Å². The van der Waals surface area contributed by atoms with Crippen LogP contribution in [0.2, 0.25) is 5.02 Å². The predicted octanol–water partition coefficient (Wildman–Crippen LogP) is 1.61. The summed E-state index contributed by atoms with van der Waals surface area (Å²) in [6.07, 6.45) is -5.08. The van der Waals surface area contributed by atoms with Crippen LogP contribution in [-0.2, 0) is 24.8 Å². The molecule has 1 fully saturated rings. The molecule has 0 unspecified atom stereocenters. The van der Waals surface area contributed by atoms with E-state index < -0.39 is 32.2 Å². The summed E-state index contributed by atoms with van der Waals surface area (Å²) >= 11 is 5.81. The lowest BCUT2D eigenvalue weighted by atomic mass is 10.4. The highest BCUT2D eigenvalue weighted by molar-refractivity contribution is 7.90. The molecule has 2 rings (SSSR count). The molecule has 1 aliphatic heterocycles. The van der Waals surface area contributed by atoms with Crippen LogP contribution in [0, 0.1) is 0 Å². The summed E-state index contributed by atoms with van der Waals surface area (Å²) in [5.41, 5.74) is 0. The Kier molecular flexibility index (Phi) is 10.4. The van der Waals surface area contributed by atoms with Gasteiger partial charge in [0.15, 0.2) is 0 Å². The predicted molar refractivity (Wildman–Crippen MR) is 112 cm³/mol. The third kappa shape index (κ3) is 8.48. The van der Waals surface area contributed by atoms with Crippen molar-refractivity contribution < 1.29 is 39.9 Å². The maximum atomic E-state index is 12.8. The van der Waals surface area contributed by atoms with Crippen LogP contribution in [0.4, 0.5) is 13.2 Å². The van der Waals surface area contributed by atoms with E-state index in [-0.39, 0.29) is 23.2 Å². The monoisotopic (exact) mass is 523 g/mol. The third-order valence-electron chi connectivity index (χ3n) is 4.28. The first kappa shape index (κ1) is 28.6. The van der Waals surface area contributed by atoms with Crippen molar-refractivity contribution in [2.75, 3.05) is 38.5 Å². The Morgan fingerprint density at radius 1 is 1.16 bits per heavy atom. The summed E-state index contributed by atoms with van der Waals surface area (Å²) in [5.74, 6) is -3.00. The molecule has 32 heavy (non-hydrogen) atoms. The number of hydrogen-bond acceptors (Lipinski definition) is 6. The Hall–Kier alpha value is -1.45. The van der Waals surface area contributed by atoms with E-state index in [1.54, 1.807) is 13.8 Å². The third-order valence-corrected chi connectivity index (χ3v) is 8.47. The zero-order valence-electron chi connectivity index (χ0n) is 17.3. The quantitative estimate of drug-likeness (QED) is 0.556. The number of aliphatic carboxylic acids is 1. The highest BCUT2D eigenvalue weighted by atomic mass is 35.5. The number of sulfonamides is 2. The maximum absolute atomic E-state index is 12.8. The molecule has 184 valence electrons. The summed E-state index contributed by atoms with van der Waals surface area (Å²) in [4.78, 5) is 9.00. The van der Waals surface area contributed by atoms with Crippen molar-refractivity contribution in [1.82, 2.24) is 13.9 Å². The van der Waals surface area contributed by atoms with Gasteiger partial charge in [-0.05, 0) is 38.1 Å². The van der Waals surface area contributed by atoms with Gasteiger partial charge in [0.05, 0.1) is 10.6 Å². The number of rotatable bonds is 7. The fourth-order valence-electron chi connectivity index (χ4n) is 2.65. The van der Waals surface area contributed by atoms with E-state index in [1.165, 1.54) is 32.9 Å². The number of halogens is 4. The van der Waals surface area contributed by atoms with Crippen molar-refractivity contribution in [3.05, 3.63) is 29.3 Å². The number of benzene rings is 1. The van der Waals surface area contributed by atoms with Crippen LogP contribution >= 0.6 is 11.6 Å². The topological polar surface area (TPSA) is 124 Å². The summed E-state index contributed by atoms with van der Waals surface area (Å²) in [5, 5.41) is 10.7. The second kappa shape index (κ2) is 11.6. The molecule has 0 saturated carbocycles. The number of nitrogens with one attached hydrogen (secondary N) is 1. The van der Waals surface area contributed by atoms with Crippen molar-refractivity contribution in [2.24, 2.45) is 0 Å². The average Bonchev–Trinajstić information content (AvgIpc) is 2.68. The summed E-state index contributed by atoms with van der Waals surface area (Å²) < 4.78 is 85.0. The van der Waals surface area contributed by atoms with Crippen molar-refractivity contribution in [3.63, 3.8) is 0 Å².